The zero-order chi connectivity index (χ0) is 11.7. The molecule has 1 atom stereocenters. The Bertz CT molecular complexity index is 514. The number of hydrogen-bond acceptors (Lipinski definition) is 3. The molecular formula is C13H17N3S. The third kappa shape index (κ3) is 2.19. The average molecular weight is 247 g/mol. The highest BCUT2D eigenvalue weighted by molar-refractivity contribution is 7.99. The van der Waals surface area contributed by atoms with Gasteiger partial charge < -0.3 is 10.1 Å². The van der Waals surface area contributed by atoms with Gasteiger partial charge in [-0.05, 0) is 35.5 Å². The van der Waals surface area contributed by atoms with E-state index < -0.39 is 0 Å². The van der Waals surface area contributed by atoms with Crippen LogP contribution in [0.1, 0.15) is 17.8 Å². The fourth-order valence-corrected chi connectivity index (χ4v) is 3.65. The van der Waals surface area contributed by atoms with Crippen molar-refractivity contribution in [1.29, 1.82) is 0 Å². The van der Waals surface area contributed by atoms with Gasteiger partial charge in [-0.3, -0.25) is 0 Å². The fourth-order valence-electron chi connectivity index (χ4n) is 2.36. The molecule has 2 aromatic rings. The number of rotatable bonds is 3. The second-order valence-electron chi connectivity index (χ2n) is 4.64. The number of thioether (sulfide) groups is 1. The predicted octanol–water partition coefficient (Wildman–Crippen LogP) is 2.09. The molecule has 1 fully saturated rings. The van der Waals surface area contributed by atoms with Crippen LogP contribution in [-0.2, 0) is 13.0 Å². The first-order valence-electron chi connectivity index (χ1n) is 6.09. The summed E-state index contributed by atoms with van der Waals surface area (Å²) in [7, 11) is 0. The minimum absolute atomic E-state index is 0.590. The highest BCUT2D eigenvalue weighted by Gasteiger charge is 2.18. The van der Waals surface area contributed by atoms with Crippen molar-refractivity contribution >= 4 is 17.3 Å². The molecule has 0 bridgehead atoms. The van der Waals surface area contributed by atoms with E-state index in [-0.39, 0.29) is 0 Å². The lowest BCUT2D eigenvalue weighted by Crippen LogP contribution is -2.07. The van der Waals surface area contributed by atoms with E-state index in [9.17, 15) is 0 Å². The summed E-state index contributed by atoms with van der Waals surface area (Å²) in [5.41, 5.74) is 8.02. The lowest BCUT2D eigenvalue weighted by atomic mass is 10.1. The molecule has 0 aliphatic carbocycles. The zero-order valence-corrected chi connectivity index (χ0v) is 10.6. The lowest BCUT2D eigenvalue weighted by molar-refractivity contribution is 0.574. The van der Waals surface area contributed by atoms with E-state index in [0.29, 0.717) is 6.54 Å². The van der Waals surface area contributed by atoms with Gasteiger partial charge in [-0.15, -0.1) is 0 Å². The maximum absolute atomic E-state index is 5.69. The Hall–Kier alpha value is -1.00. The highest BCUT2D eigenvalue weighted by Crippen LogP contribution is 2.26. The third-order valence-corrected chi connectivity index (χ3v) is 4.63. The van der Waals surface area contributed by atoms with Gasteiger partial charge in [-0.1, -0.05) is 6.07 Å². The first kappa shape index (κ1) is 11.1. The van der Waals surface area contributed by atoms with Crippen molar-refractivity contribution in [2.24, 2.45) is 11.7 Å². The molecule has 2 N–H and O–H groups in total. The lowest BCUT2D eigenvalue weighted by Gasteiger charge is -2.08. The third-order valence-electron chi connectivity index (χ3n) is 3.40. The zero-order valence-electron chi connectivity index (χ0n) is 9.80. The Labute approximate surface area is 105 Å². The molecule has 0 aromatic carbocycles. The molecule has 0 amide bonds. The van der Waals surface area contributed by atoms with Gasteiger partial charge in [0.1, 0.15) is 5.82 Å². The van der Waals surface area contributed by atoms with Gasteiger partial charge in [0, 0.05) is 19.2 Å². The van der Waals surface area contributed by atoms with Crippen LogP contribution in [0.5, 0.6) is 0 Å². The summed E-state index contributed by atoms with van der Waals surface area (Å²) in [6.45, 7) is 0.590. The normalized spacial score (nSPS) is 20.2. The molecule has 1 saturated heterocycles. The Morgan fingerprint density at radius 2 is 2.41 bits per heavy atom. The van der Waals surface area contributed by atoms with Gasteiger partial charge in [0.15, 0.2) is 0 Å². The monoisotopic (exact) mass is 247 g/mol. The van der Waals surface area contributed by atoms with Crippen molar-refractivity contribution in [1.82, 2.24) is 9.38 Å². The van der Waals surface area contributed by atoms with E-state index in [1.165, 1.54) is 29.3 Å². The summed E-state index contributed by atoms with van der Waals surface area (Å²) >= 11 is 2.06. The van der Waals surface area contributed by atoms with Gasteiger partial charge >= 0.3 is 0 Å². The summed E-state index contributed by atoms with van der Waals surface area (Å²) in [6.07, 6.45) is 6.50. The van der Waals surface area contributed by atoms with Crippen LogP contribution >= 0.6 is 11.8 Å². The molecule has 3 rings (SSSR count). The molecular weight excluding hydrogens is 230 g/mol. The van der Waals surface area contributed by atoms with Crippen LogP contribution in [0.2, 0.25) is 0 Å². The Kier molecular flexibility index (Phi) is 3.07. The van der Waals surface area contributed by atoms with Crippen LogP contribution in [0, 0.1) is 5.92 Å². The average Bonchev–Trinajstić information content (AvgIpc) is 2.99. The van der Waals surface area contributed by atoms with Crippen LogP contribution in [0.15, 0.2) is 24.5 Å². The van der Waals surface area contributed by atoms with E-state index in [1.54, 1.807) is 0 Å². The molecule has 1 aliphatic heterocycles. The molecule has 1 aliphatic rings. The molecule has 1 unspecified atom stereocenters. The van der Waals surface area contributed by atoms with E-state index in [1.807, 2.05) is 6.20 Å². The van der Waals surface area contributed by atoms with Gasteiger partial charge in [0.2, 0.25) is 0 Å². The van der Waals surface area contributed by atoms with Crippen molar-refractivity contribution in [3.05, 3.63) is 35.9 Å². The number of aromatic nitrogens is 2. The van der Waals surface area contributed by atoms with Crippen molar-refractivity contribution in [3.63, 3.8) is 0 Å². The molecule has 0 radical (unpaired) electrons. The highest BCUT2D eigenvalue weighted by atomic mass is 32.2. The SMILES string of the molecule is NCc1ccc2cnc(CC3CCSC3)n2c1. The molecule has 90 valence electrons. The summed E-state index contributed by atoms with van der Waals surface area (Å²) in [5, 5.41) is 0. The number of pyridine rings is 1. The first-order chi connectivity index (χ1) is 8.36. The van der Waals surface area contributed by atoms with E-state index >= 15 is 0 Å². The van der Waals surface area contributed by atoms with E-state index in [4.69, 9.17) is 5.73 Å². The van der Waals surface area contributed by atoms with Gasteiger partial charge in [-0.2, -0.15) is 11.8 Å². The van der Waals surface area contributed by atoms with Crippen LogP contribution in [0.4, 0.5) is 0 Å². The number of nitrogens with two attached hydrogens (primary N) is 1. The molecule has 2 aromatic heterocycles. The molecule has 17 heavy (non-hydrogen) atoms. The predicted molar refractivity (Wildman–Crippen MR) is 72.2 cm³/mol. The second-order valence-corrected chi connectivity index (χ2v) is 5.79. The van der Waals surface area contributed by atoms with Gasteiger partial charge in [0.25, 0.3) is 0 Å². The quantitative estimate of drug-likeness (QED) is 0.903. The van der Waals surface area contributed by atoms with Crippen LogP contribution in [0.3, 0.4) is 0 Å². The summed E-state index contributed by atoms with van der Waals surface area (Å²) < 4.78 is 2.20. The summed E-state index contributed by atoms with van der Waals surface area (Å²) in [4.78, 5) is 4.55. The van der Waals surface area contributed by atoms with Gasteiger partial charge in [-0.25, -0.2) is 4.98 Å². The molecule has 0 saturated carbocycles. The van der Waals surface area contributed by atoms with Crippen LogP contribution < -0.4 is 5.73 Å². The molecule has 0 spiro atoms. The smallest absolute Gasteiger partial charge is 0.113 e. The Morgan fingerprint density at radius 1 is 1.47 bits per heavy atom. The number of hydrogen-bond donors (Lipinski definition) is 1. The van der Waals surface area contributed by atoms with Gasteiger partial charge in [0.05, 0.1) is 11.7 Å². The summed E-state index contributed by atoms with van der Waals surface area (Å²) in [6, 6.07) is 4.17. The number of imidazole rings is 1. The van der Waals surface area contributed by atoms with Crippen molar-refractivity contribution in [2.75, 3.05) is 11.5 Å². The molecule has 3 nitrogen and oxygen atoms in total. The largest absolute Gasteiger partial charge is 0.326 e. The summed E-state index contributed by atoms with van der Waals surface area (Å²) in [5.74, 6) is 4.57. The van der Waals surface area contributed by atoms with Crippen molar-refractivity contribution in [3.8, 4) is 0 Å². The second kappa shape index (κ2) is 4.70. The first-order valence-corrected chi connectivity index (χ1v) is 7.25. The minimum atomic E-state index is 0.590. The number of nitrogens with zero attached hydrogens (tertiary/aromatic N) is 2. The van der Waals surface area contributed by atoms with E-state index in [2.05, 4.69) is 39.5 Å². The maximum Gasteiger partial charge on any atom is 0.113 e. The molecule has 3 heterocycles. The van der Waals surface area contributed by atoms with Crippen molar-refractivity contribution < 1.29 is 0 Å². The maximum atomic E-state index is 5.69. The number of fused-ring (bicyclic) bond motifs is 1. The Morgan fingerprint density at radius 3 is 3.18 bits per heavy atom. The topological polar surface area (TPSA) is 43.3 Å². The molecule has 4 heteroatoms. The Balaban J connectivity index is 1.92. The fraction of sp³-hybridized carbons (Fsp3) is 0.462. The van der Waals surface area contributed by atoms with Crippen LogP contribution in [0.25, 0.3) is 5.52 Å². The van der Waals surface area contributed by atoms with Crippen molar-refractivity contribution in [2.45, 2.75) is 19.4 Å². The minimum Gasteiger partial charge on any atom is -0.326 e. The van der Waals surface area contributed by atoms with Crippen LogP contribution in [-0.4, -0.2) is 20.9 Å². The van der Waals surface area contributed by atoms with E-state index in [0.717, 1.165) is 17.9 Å². The standard InChI is InChI=1S/C13H17N3S/c14-6-11-1-2-12-7-15-13(16(12)8-11)5-10-3-4-17-9-10/h1-2,7-8,10H,3-6,9,14H2.